The van der Waals surface area contributed by atoms with Crippen molar-refractivity contribution in [3.63, 3.8) is 0 Å². The van der Waals surface area contributed by atoms with Gasteiger partial charge in [-0.05, 0) is 37.6 Å². The number of anilines is 2. The maximum absolute atomic E-state index is 12.2. The number of carbonyl (C=O) groups is 1. The van der Waals surface area contributed by atoms with E-state index < -0.39 is 0 Å². The first-order valence-electron chi connectivity index (χ1n) is 7.87. The van der Waals surface area contributed by atoms with Crippen LogP contribution < -0.4 is 15.4 Å². The predicted molar refractivity (Wildman–Crippen MR) is 94.0 cm³/mol. The van der Waals surface area contributed by atoms with Crippen molar-refractivity contribution in [2.45, 2.75) is 20.3 Å². The van der Waals surface area contributed by atoms with Gasteiger partial charge in [-0.3, -0.25) is 4.98 Å². The van der Waals surface area contributed by atoms with Crippen LogP contribution in [0, 0.1) is 6.92 Å². The van der Waals surface area contributed by atoms with Crippen LogP contribution in [0.5, 0.6) is 11.5 Å². The fraction of sp³-hybridized carbons (Fsp3) is 0.167. The van der Waals surface area contributed by atoms with E-state index in [9.17, 15) is 4.79 Å². The molecule has 0 spiro atoms. The highest BCUT2D eigenvalue weighted by atomic mass is 16.5. The molecular formula is C18H18N4O3. The van der Waals surface area contributed by atoms with Crippen molar-refractivity contribution in [1.29, 1.82) is 0 Å². The van der Waals surface area contributed by atoms with Gasteiger partial charge in [0.25, 0.3) is 0 Å². The number of nitrogens with one attached hydrogen (secondary N) is 2. The monoisotopic (exact) mass is 338 g/mol. The van der Waals surface area contributed by atoms with Gasteiger partial charge in [0, 0.05) is 24.1 Å². The molecule has 2 amide bonds. The van der Waals surface area contributed by atoms with Crippen LogP contribution in [-0.2, 0) is 6.42 Å². The number of pyridine rings is 1. The molecule has 0 unspecified atom stereocenters. The van der Waals surface area contributed by atoms with Crippen molar-refractivity contribution in [3.05, 3.63) is 60.2 Å². The molecule has 128 valence electrons. The molecule has 2 heterocycles. The minimum absolute atomic E-state index is 0.373. The van der Waals surface area contributed by atoms with E-state index in [0.717, 1.165) is 0 Å². The molecule has 0 saturated heterocycles. The van der Waals surface area contributed by atoms with Gasteiger partial charge in [-0.15, -0.1) is 0 Å². The Morgan fingerprint density at radius 1 is 1.16 bits per heavy atom. The van der Waals surface area contributed by atoms with Gasteiger partial charge in [-0.1, -0.05) is 18.1 Å². The molecule has 2 N–H and O–H groups in total. The number of ether oxygens (including phenoxy) is 1. The normalized spacial score (nSPS) is 10.3. The highest BCUT2D eigenvalue weighted by molar-refractivity contribution is 6.00. The Bertz CT molecular complexity index is 862. The number of aryl methyl sites for hydroxylation is 2. The number of aromatic nitrogens is 2. The summed E-state index contributed by atoms with van der Waals surface area (Å²) in [5.74, 6) is 1.85. The number of hydrogen-bond donors (Lipinski definition) is 2. The van der Waals surface area contributed by atoms with Crippen molar-refractivity contribution in [2.24, 2.45) is 0 Å². The number of carbonyl (C=O) groups excluding carboxylic acids is 1. The van der Waals surface area contributed by atoms with Crippen LogP contribution in [0.25, 0.3) is 0 Å². The van der Waals surface area contributed by atoms with Gasteiger partial charge in [-0.2, -0.15) is 0 Å². The summed E-state index contributed by atoms with van der Waals surface area (Å²) in [6.07, 6.45) is 3.97. The molecule has 7 heteroatoms. The van der Waals surface area contributed by atoms with Crippen LogP contribution in [0.15, 0.2) is 53.3 Å². The highest BCUT2D eigenvalue weighted by Crippen LogP contribution is 2.24. The Morgan fingerprint density at radius 2 is 1.96 bits per heavy atom. The summed E-state index contributed by atoms with van der Waals surface area (Å²) in [7, 11) is 0. The lowest BCUT2D eigenvalue weighted by molar-refractivity contribution is 0.262. The highest BCUT2D eigenvalue weighted by Gasteiger charge is 2.14. The molecule has 0 aliphatic rings. The first-order chi connectivity index (χ1) is 12.2. The van der Waals surface area contributed by atoms with Crippen LogP contribution in [0.1, 0.15) is 18.4 Å². The first kappa shape index (κ1) is 16.5. The molecule has 0 bridgehead atoms. The van der Waals surface area contributed by atoms with Gasteiger partial charge in [0.05, 0.1) is 0 Å². The lowest BCUT2D eigenvalue weighted by Crippen LogP contribution is -2.20. The second-order valence-corrected chi connectivity index (χ2v) is 5.31. The van der Waals surface area contributed by atoms with Crippen molar-refractivity contribution >= 4 is 17.4 Å². The fourth-order valence-corrected chi connectivity index (χ4v) is 2.28. The van der Waals surface area contributed by atoms with E-state index >= 15 is 0 Å². The first-order valence-corrected chi connectivity index (χ1v) is 7.87. The summed E-state index contributed by atoms with van der Waals surface area (Å²) in [4.78, 5) is 16.2. The van der Waals surface area contributed by atoms with Gasteiger partial charge >= 0.3 is 6.03 Å². The lowest BCUT2D eigenvalue weighted by Gasteiger charge is -2.10. The smallest absolute Gasteiger partial charge is 0.323 e. The third-order valence-electron chi connectivity index (χ3n) is 3.48. The van der Waals surface area contributed by atoms with E-state index in [-0.39, 0.29) is 6.03 Å². The Balaban J connectivity index is 1.67. The Morgan fingerprint density at radius 3 is 2.72 bits per heavy atom. The van der Waals surface area contributed by atoms with Gasteiger partial charge in [0.1, 0.15) is 22.9 Å². The second kappa shape index (κ2) is 7.48. The van der Waals surface area contributed by atoms with Crippen molar-refractivity contribution in [1.82, 2.24) is 10.1 Å². The molecular weight excluding hydrogens is 320 g/mol. The van der Waals surface area contributed by atoms with Crippen molar-refractivity contribution in [3.8, 4) is 11.5 Å². The Labute approximate surface area is 145 Å². The molecule has 0 aliphatic carbocycles. The van der Waals surface area contributed by atoms with E-state index in [0.29, 0.717) is 40.7 Å². The zero-order valence-electron chi connectivity index (χ0n) is 13.9. The topological polar surface area (TPSA) is 89.3 Å². The Hall–Kier alpha value is -3.35. The van der Waals surface area contributed by atoms with Gasteiger partial charge < -0.3 is 19.9 Å². The Kier molecular flexibility index (Phi) is 4.94. The van der Waals surface area contributed by atoms with Crippen LogP contribution in [0.3, 0.4) is 0 Å². The van der Waals surface area contributed by atoms with Crippen LogP contribution in [0.2, 0.25) is 0 Å². The van der Waals surface area contributed by atoms with Crippen LogP contribution in [-0.4, -0.2) is 16.2 Å². The van der Waals surface area contributed by atoms with E-state index in [1.807, 2.05) is 13.0 Å². The molecule has 0 radical (unpaired) electrons. The van der Waals surface area contributed by atoms with E-state index in [4.69, 9.17) is 9.26 Å². The minimum atomic E-state index is -0.373. The zero-order valence-corrected chi connectivity index (χ0v) is 13.9. The summed E-state index contributed by atoms with van der Waals surface area (Å²) < 4.78 is 10.8. The maximum Gasteiger partial charge on any atom is 0.323 e. The average Bonchev–Trinajstić information content (AvgIpc) is 2.96. The molecule has 7 nitrogen and oxygen atoms in total. The molecule has 0 aliphatic heterocycles. The quantitative estimate of drug-likeness (QED) is 0.721. The molecule has 0 fully saturated rings. The number of nitrogens with zero attached hydrogens (tertiary/aromatic N) is 2. The van der Waals surface area contributed by atoms with Crippen LogP contribution in [0.4, 0.5) is 16.2 Å². The molecule has 0 saturated carbocycles. The summed E-state index contributed by atoms with van der Waals surface area (Å²) in [5.41, 5.74) is 1.92. The van der Waals surface area contributed by atoms with E-state index in [1.54, 1.807) is 49.6 Å². The lowest BCUT2D eigenvalue weighted by atomic mass is 10.2. The standard InChI is InChI=1S/C18H18N4O3/c1-3-16-17(12(2)25-22-16)21-18(23)20-13-5-4-6-15(11-13)24-14-7-9-19-10-8-14/h4-11H,3H2,1-2H3,(H2,20,21,23). The molecule has 1 aromatic carbocycles. The fourth-order valence-electron chi connectivity index (χ4n) is 2.28. The third kappa shape index (κ3) is 4.14. The number of benzene rings is 1. The number of amides is 2. The van der Waals surface area contributed by atoms with Gasteiger partial charge in [-0.25, -0.2) is 4.79 Å². The van der Waals surface area contributed by atoms with Gasteiger partial charge in [0.15, 0.2) is 5.76 Å². The maximum atomic E-state index is 12.2. The summed E-state index contributed by atoms with van der Waals surface area (Å²) in [5, 5.41) is 9.46. The third-order valence-corrected chi connectivity index (χ3v) is 3.48. The van der Waals surface area contributed by atoms with E-state index in [1.165, 1.54) is 0 Å². The second-order valence-electron chi connectivity index (χ2n) is 5.31. The summed E-state index contributed by atoms with van der Waals surface area (Å²) >= 11 is 0. The largest absolute Gasteiger partial charge is 0.457 e. The van der Waals surface area contributed by atoms with Crippen molar-refractivity contribution in [2.75, 3.05) is 10.6 Å². The number of rotatable bonds is 5. The molecule has 3 aromatic rings. The van der Waals surface area contributed by atoms with Crippen molar-refractivity contribution < 1.29 is 14.1 Å². The molecule has 2 aromatic heterocycles. The molecule has 25 heavy (non-hydrogen) atoms. The average molecular weight is 338 g/mol. The number of hydrogen-bond acceptors (Lipinski definition) is 5. The molecule has 3 rings (SSSR count). The summed E-state index contributed by atoms with van der Waals surface area (Å²) in [6, 6.07) is 10.3. The minimum Gasteiger partial charge on any atom is -0.457 e. The zero-order chi connectivity index (χ0) is 17.6. The van der Waals surface area contributed by atoms with Crippen LogP contribution >= 0.6 is 0 Å². The molecule has 0 atom stereocenters. The SMILES string of the molecule is CCc1noc(C)c1NC(=O)Nc1cccc(Oc2ccncc2)c1. The summed E-state index contributed by atoms with van der Waals surface area (Å²) in [6.45, 7) is 3.70. The van der Waals surface area contributed by atoms with Gasteiger partial charge in [0.2, 0.25) is 0 Å². The van der Waals surface area contributed by atoms with E-state index in [2.05, 4.69) is 20.8 Å². The predicted octanol–water partition coefficient (Wildman–Crippen LogP) is 4.38. The number of urea groups is 1.